The molecule has 2 aromatic rings. The number of hydrogen-bond acceptors (Lipinski definition) is 3. The van der Waals surface area contributed by atoms with Crippen LogP contribution in [0.4, 0.5) is 5.69 Å². The maximum atomic E-state index is 12.3. The van der Waals surface area contributed by atoms with Crippen molar-refractivity contribution in [2.75, 3.05) is 18.4 Å². The summed E-state index contributed by atoms with van der Waals surface area (Å²) in [5.74, 6) is -0.113. The van der Waals surface area contributed by atoms with Crippen molar-refractivity contribution in [2.24, 2.45) is 5.92 Å². The fourth-order valence-electron chi connectivity index (χ4n) is 3.57. The van der Waals surface area contributed by atoms with Gasteiger partial charge in [0.15, 0.2) is 0 Å². The van der Waals surface area contributed by atoms with Crippen LogP contribution >= 0.6 is 0 Å². The molecule has 0 unspecified atom stereocenters. The smallest absolute Gasteiger partial charge is 0.243 e. The van der Waals surface area contributed by atoms with Crippen molar-refractivity contribution in [3.8, 4) is 0 Å². The average Bonchev–Trinajstić information content (AvgIpc) is 2.69. The van der Waals surface area contributed by atoms with E-state index >= 15 is 0 Å². The molecular weight excluding hydrogens is 386 g/mol. The van der Waals surface area contributed by atoms with Crippen LogP contribution in [0.2, 0.25) is 0 Å². The molecule has 0 fully saturated rings. The zero-order valence-corrected chi connectivity index (χ0v) is 19.9. The maximum absolute atomic E-state index is 12.3. The van der Waals surface area contributed by atoms with E-state index in [1.165, 1.54) is 5.56 Å². The molecule has 1 atom stereocenters. The molecule has 0 aromatic heterocycles. The van der Waals surface area contributed by atoms with E-state index in [2.05, 4.69) is 74.8 Å². The highest BCUT2D eigenvalue weighted by molar-refractivity contribution is 5.95. The number of aryl methyl sites for hydroxylation is 2. The summed E-state index contributed by atoms with van der Waals surface area (Å²) < 4.78 is 0. The molecule has 0 heterocycles. The van der Waals surface area contributed by atoms with E-state index in [1.807, 2.05) is 32.0 Å². The highest BCUT2D eigenvalue weighted by Crippen LogP contribution is 2.26. The van der Waals surface area contributed by atoms with Gasteiger partial charge in [-0.3, -0.25) is 9.59 Å². The van der Waals surface area contributed by atoms with Gasteiger partial charge in [-0.2, -0.15) is 0 Å². The van der Waals surface area contributed by atoms with Gasteiger partial charge in [0.05, 0.1) is 13.1 Å². The molecule has 0 saturated carbocycles. The molecular formula is C26H37N3O2. The first-order valence-corrected chi connectivity index (χ1v) is 11.0. The molecule has 0 aliphatic rings. The standard InChI is InChI=1S/C26H37N3O2/c1-17(2)24(20-11-13-21(14-12-20)26(5,6)7)28-15-22(30)27-16-23(31)29-25-18(3)9-8-10-19(25)4/h8-14,17,24,28H,15-16H2,1-7H3,(H,27,30)(H,29,31)/t24-/m0/s1. The van der Waals surface area contributed by atoms with E-state index in [0.29, 0.717) is 5.92 Å². The Balaban J connectivity index is 1.88. The second-order valence-electron chi connectivity index (χ2n) is 9.57. The molecule has 5 heteroatoms. The maximum Gasteiger partial charge on any atom is 0.243 e. The van der Waals surface area contributed by atoms with Gasteiger partial charge in [0.25, 0.3) is 0 Å². The normalized spacial score (nSPS) is 12.5. The predicted molar refractivity (Wildman–Crippen MR) is 128 cm³/mol. The van der Waals surface area contributed by atoms with Crippen molar-refractivity contribution < 1.29 is 9.59 Å². The number of nitrogens with one attached hydrogen (secondary N) is 3. The number of carbonyl (C=O) groups excluding carboxylic acids is 2. The minimum Gasteiger partial charge on any atom is -0.346 e. The van der Waals surface area contributed by atoms with Crippen molar-refractivity contribution in [2.45, 2.75) is 59.9 Å². The number of hydrogen-bond donors (Lipinski definition) is 3. The molecule has 31 heavy (non-hydrogen) atoms. The topological polar surface area (TPSA) is 70.2 Å². The molecule has 0 saturated heterocycles. The molecule has 2 rings (SSSR count). The van der Waals surface area contributed by atoms with Gasteiger partial charge in [0.1, 0.15) is 0 Å². The second kappa shape index (κ2) is 10.6. The molecule has 168 valence electrons. The van der Waals surface area contributed by atoms with Crippen LogP contribution in [0.25, 0.3) is 0 Å². The van der Waals surface area contributed by atoms with Crippen molar-refractivity contribution in [3.05, 3.63) is 64.7 Å². The van der Waals surface area contributed by atoms with E-state index in [-0.39, 0.29) is 36.4 Å². The van der Waals surface area contributed by atoms with Crippen molar-refractivity contribution in [1.29, 1.82) is 0 Å². The lowest BCUT2D eigenvalue weighted by atomic mass is 9.85. The molecule has 0 bridgehead atoms. The predicted octanol–water partition coefficient (Wildman–Crippen LogP) is 4.64. The Labute approximate surface area is 187 Å². The van der Waals surface area contributed by atoms with Crippen LogP contribution in [0.1, 0.15) is 62.9 Å². The van der Waals surface area contributed by atoms with E-state index in [1.54, 1.807) is 0 Å². The van der Waals surface area contributed by atoms with E-state index in [4.69, 9.17) is 0 Å². The highest BCUT2D eigenvalue weighted by Gasteiger charge is 2.19. The summed E-state index contributed by atoms with van der Waals surface area (Å²) in [6, 6.07) is 14.5. The Morgan fingerprint density at radius 3 is 1.97 bits per heavy atom. The van der Waals surface area contributed by atoms with Gasteiger partial charge in [-0.1, -0.05) is 77.1 Å². The lowest BCUT2D eigenvalue weighted by Crippen LogP contribution is -2.40. The van der Waals surface area contributed by atoms with Crippen molar-refractivity contribution in [1.82, 2.24) is 10.6 Å². The lowest BCUT2D eigenvalue weighted by molar-refractivity contribution is -0.123. The zero-order chi connectivity index (χ0) is 23.2. The number of rotatable bonds is 8. The van der Waals surface area contributed by atoms with E-state index < -0.39 is 0 Å². The summed E-state index contributed by atoms with van der Waals surface area (Å²) in [6.45, 7) is 14.8. The number of amides is 2. The van der Waals surface area contributed by atoms with Crippen molar-refractivity contribution >= 4 is 17.5 Å². The minimum absolute atomic E-state index is 0.0547. The average molecular weight is 424 g/mol. The number of para-hydroxylation sites is 1. The van der Waals surface area contributed by atoms with Crippen LogP contribution in [0.3, 0.4) is 0 Å². The third-order valence-electron chi connectivity index (χ3n) is 5.48. The Bertz CT molecular complexity index is 876. The lowest BCUT2D eigenvalue weighted by Gasteiger charge is -2.25. The Kier molecular flexibility index (Phi) is 8.40. The van der Waals surface area contributed by atoms with Gasteiger partial charge in [0, 0.05) is 11.7 Å². The minimum atomic E-state index is -0.232. The largest absolute Gasteiger partial charge is 0.346 e. The van der Waals surface area contributed by atoms with Gasteiger partial charge in [-0.15, -0.1) is 0 Å². The van der Waals surface area contributed by atoms with Gasteiger partial charge >= 0.3 is 0 Å². The second-order valence-corrected chi connectivity index (χ2v) is 9.57. The summed E-state index contributed by atoms with van der Waals surface area (Å²) >= 11 is 0. The summed E-state index contributed by atoms with van der Waals surface area (Å²) in [5, 5.41) is 8.93. The highest BCUT2D eigenvalue weighted by atomic mass is 16.2. The summed E-state index contributed by atoms with van der Waals surface area (Å²) in [6.07, 6.45) is 0. The molecule has 0 aliphatic carbocycles. The van der Waals surface area contributed by atoms with Gasteiger partial charge in [-0.05, 0) is 47.4 Å². The Morgan fingerprint density at radius 1 is 0.871 bits per heavy atom. The first kappa shape index (κ1) is 24.6. The fourth-order valence-corrected chi connectivity index (χ4v) is 3.57. The SMILES string of the molecule is Cc1cccc(C)c1NC(=O)CNC(=O)CN[C@H](c1ccc(C(C)(C)C)cc1)C(C)C. The molecule has 5 nitrogen and oxygen atoms in total. The summed E-state index contributed by atoms with van der Waals surface area (Å²) in [4.78, 5) is 24.6. The van der Waals surface area contributed by atoms with Crippen LogP contribution in [0.5, 0.6) is 0 Å². The van der Waals surface area contributed by atoms with E-state index in [9.17, 15) is 9.59 Å². The van der Waals surface area contributed by atoms with Crippen LogP contribution in [0, 0.1) is 19.8 Å². The quantitative estimate of drug-likeness (QED) is 0.579. The summed E-state index contributed by atoms with van der Waals surface area (Å²) in [5.41, 5.74) is 5.35. The molecule has 2 aromatic carbocycles. The number of anilines is 1. The fraction of sp³-hybridized carbons (Fsp3) is 0.462. The Morgan fingerprint density at radius 2 is 1.45 bits per heavy atom. The van der Waals surface area contributed by atoms with E-state index in [0.717, 1.165) is 22.4 Å². The van der Waals surface area contributed by atoms with Crippen LogP contribution in [-0.2, 0) is 15.0 Å². The Hall–Kier alpha value is -2.66. The number of benzene rings is 2. The zero-order valence-electron chi connectivity index (χ0n) is 19.9. The molecule has 0 radical (unpaired) electrons. The van der Waals surface area contributed by atoms with Crippen LogP contribution in [0.15, 0.2) is 42.5 Å². The number of carbonyl (C=O) groups is 2. The molecule has 2 amide bonds. The molecule has 3 N–H and O–H groups in total. The van der Waals surface area contributed by atoms with Gasteiger partial charge in [0.2, 0.25) is 11.8 Å². The molecule has 0 spiro atoms. The molecule has 0 aliphatic heterocycles. The van der Waals surface area contributed by atoms with Gasteiger partial charge < -0.3 is 16.0 Å². The third-order valence-corrected chi connectivity index (χ3v) is 5.48. The first-order valence-electron chi connectivity index (χ1n) is 11.0. The van der Waals surface area contributed by atoms with Gasteiger partial charge in [-0.25, -0.2) is 0 Å². The summed E-state index contributed by atoms with van der Waals surface area (Å²) in [7, 11) is 0. The first-order chi connectivity index (χ1) is 14.5. The monoisotopic (exact) mass is 423 g/mol. The van der Waals surface area contributed by atoms with Crippen LogP contribution < -0.4 is 16.0 Å². The third kappa shape index (κ3) is 7.21. The van der Waals surface area contributed by atoms with Crippen LogP contribution in [-0.4, -0.2) is 24.9 Å². The van der Waals surface area contributed by atoms with Crippen molar-refractivity contribution in [3.63, 3.8) is 0 Å².